The van der Waals surface area contributed by atoms with Crippen LogP contribution in [0.3, 0.4) is 0 Å². The topological polar surface area (TPSA) is 70.5 Å². The quantitative estimate of drug-likeness (QED) is 0.686. The summed E-state index contributed by atoms with van der Waals surface area (Å²) in [5.41, 5.74) is 2.38. The Morgan fingerprint density at radius 2 is 1.71 bits per heavy atom. The van der Waals surface area contributed by atoms with Crippen molar-refractivity contribution in [1.82, 2.24) is 9.97 Å². The Morgan fingerprint density at radius 3 is 2.33 bits per heavy atom. The van der Waals surface area contributed by atoms with Crippen molar-refractivity contribution in [2.45, 2.75) is 6.92 Å². The molecule has 0 amide bonds. The predicted molar refractivity (Wildman–Crippen MR) is 89.4 cm³/mol. The molecule has 0 spiro atoms. The average Bonchev–Trinajstić information content (AvgIpc) is 2.60. The molecule has 122 valence electrons. The van der Waals surface area contributed by atoms with E-state index in [0.717, 1.165) is 22.2 Å². The Labute approximate surface area is 139 Å². The van der Waals surface area contributed by atoms with E-state index in [4.69, 9.17) is 14.2 Å². The number of ether oxygens (including phenoxy) is 3. The van der Waals surface area contributed by atoms with E-state index in [-0.39, 0.29) is 5.97 Å². The van der Waals surface area contributed by atoms with Crippen LogP contribution in [0, 0.1) is 0 Å². The van der Waals surface area contributed by atoms with Crippen molar-refractivity contribution in [1.29, 1.82) is 0 Å². The largest absolute Gasteiger partial charge is 0.493 e. The van der Waals surface area contributed by atoms with Crippen molar-refractivity contribution in [3.63, 3.8) is 0 Å². The van der Waals surface area contributed by atoms with Crippen LogP contribution in [0.15, 0.2) is 42.7 Å². The van der Waals surface area contributed by atoms with Gasteiger partial charge in [-0.3, -0.25) is 14.8 Å². The Morgan fingerprint density at radius 1 is 0.958 bits per heavy atom. The molecule has 24 heavy (non-hydrogen) atoms. The second kappa shape index (κ2) is 6.54. The van der Waals surface area contributed by atoms with Gasteiger partial charge in [-0.2, -0.15) is 0 Å². The molecule has 0 radical (unpaired) electrons. The predicted octanol–water partition coefficient (Wildman–Crippen LogP) is 3.24. The standard InChI is InChI=1S/C18H16N2O4/c1-11(21)24-14-4-5-15(20-10-14)13-6-12-7-17(22-2)18(23-3)8-16(12)19-9-13/h4-10H,1-3H3. The third-order valence-corrected chi connectivity index (χ3v) is 3.48. The van der Waals surface area contributed by atoms with Gasteiger partial charge in [-0.1, -0.05) is 0 Å². The van der Waals surface area contributed by atoms with Gasteiger partial charge in [0.25, 0.3) is 0 Å². The van der Waals surface area contributed by atoms with Gasteiger partial charge < -0.3 is 14.2 Å². The Balaban J connectivity index is 1.99. The van der Waals surface area contributed by atoms with Crippen LogP contribution in [-0.2, 0) is 4.79 Å². The van der Waals surface area contributed by atoms with Gasteiger partial charge in [0, 0.05) is 30.1 Å². The minimum atomic E-state index is -0.377. The number of methoxy groups -OCH3 is 2. The first kappa shape index (κ1) is 15.7. The third-order valence-electron chi connectivity index (χ3n) is 3.48. The van der Waals surface area contributed by atoms with Crippen LogP contribution in [0.5, 0.6) is 17.2 Å². The summed E-state index contributed by atoms with van der Waals surface area (Å²) in [4.78, 5) is 19.7. The highest BCUT2D eigenvalue weighted by Crippen LogP contribution is 2.32. The summed E-state index contributed by atoms with van der Waals surface area (Å²) < 4.78 is 15.6. The minimum Gasteiger partial charge on any atom is -0.493 e. The number of esters is 1. The van der Waals surface area contributed by atoms with E-state index in [0.29, 0.717) is 17.2 Å². The summed E-state index contributed by atoms with van der Waals surface area (Å²) >= 11 is 0. The monoisotopic (exact) mass is 324 g/mol. The Bertz CT molecular complexity index is 891. The molecule has 0 aliphatic rings. The molecule has 3 aromatic rings. The molecule has 3 rings (SSSR count). The zero-order valence-corrected chi connectivity index (χ0v) is 13.6. The van der Waals surface area contributed by atoms with Crippen molar-refractivity contribution in [3.05, 3.63) is 42.7 Å². The molecule has 0 saturated carbocycles. The number of nitrogens with zero attached hydrogens (tertiary/aromatic N) is 2. The number of hydrogen-bond donors (Lipinski definition) is 0. The van der Waals surface area contributed by atoms with Crippen molar-refractivity contribution in [3.8, 4) is 28.5 Å². The summed E-state index contributed by atoms with van der Waals surface area (Å²) in [6.07, 6.45) is 3.25. The molecule has 2 heterocycles. The first-order valence-electron chi connectivity index (χ1n) is 7.27. The molecule has 0 aliphatic carbocycles. The van der Waals surface area contributed by atoms with Crippen molar-refractivity contribution >= 4 is 16.9 Å². The number of hydrogen-bond acceptors (Lipinski definition) is 6. The minimum absolute atomic E-state index is 0.377. The van der Waals surface area contributed by atoms with Crippen LogP contribution in [-0.4, -0.2) is 30.2 Å². The number of carbonyl (C=O) groups excluding carboxylic acids is 1. The number of carbonyl (C=O) groups is 1. The molecule has 0 aliphatic heterocycles. The highest BCUT2D eigenvalue weighted by molar-refractivity contribution is 5.86. The zero-order valence-electron chi connectivity index (χ0n) is 13.6. The number of pyridine rings is 2. The maximum absolute atomic E-state index is 10.9. The maximum atomic E-state index is 10.9. The smallest absolute Gasteiger partial charge is 0.308 e. The molecule has 0 saturated heterocycles. The molecule has 0 fully saturated rings. The second-order valence-corrected chi connectivity index (χ2v) is 5.10. The highest BCUT2D eigenvalue weighted by Gasteiger charge is 2.09. The number of rotatable bonds is 4. The molecular formula is C18H16N2O4. The molecular weight excluding hydrogens is 308 g/mol. The second-order valence-electron chi connectivity index (χ2n) is 5.10. The summed E-state index contributed by atoms with van der Waals surface area (Å²) in [6.45, 7) is 1.35. The molecule has 0 atom stereocenters. The lowest BCUT2D eigenvalue weighted by molar-refractivity contribution is -0.131. The van der Waals surface area contributed by atoms with Gasteiger partial charge in [0.1, 0.15) is 5.75 Å². The van der Waals surface area contributed by atoms with Crippen LogP contribution in [0.1, 0.15) is 6.92 Å². The summed E-state index contributed by atoms with van der Waals surface area (Å²) in [6, 6.07) is 9.15. The molecule has 6 heteroatoms. The van der Waals surface area contributed by atoms with E-state index in [9.17, 15) is 4.79 Å². The van der Waals surface area contributed by atoms with E-state index >= 15 is 0 Å². The molecule has 1 aromatic carbocycles. The van der Waals surface area contributed by atoms with Crippen LogP contribution in [0.4, 0.5) is 0 Å². The van der Waals surface area contributed by atoms with Crippen molar-refractivity contribution in [2.24, 2.45) is 0 Å². The number of aromatic nitrogens is 2. The van der Waals surface area contributed by atoms with Crippen LogP contribution >= 0.6 is 0 Å². The van der Waals surface area contributed by atoms with Crippen LogP contribution in [0.25, 0.3) is 22.2 Å². The van der Waals surface area contributed by atoms with Gasteiger partial charge in [-0.25, -0.2) is 0 Å². The fourth-order valence-corrected chi connectivity index (χ4v) is 2.37. The molecule has 2 aromatic heterocycles. The van der Waals surface area contributed by atoms with Gasteiger partial charge in [0.2, 0.25) is 0 Å². The van der Waals surface area contributed by atoms with E-state index in [1.54, 1.807) is 32.5 Å². The maximum Gasteiger partial charge on any atom is 0.308 e. The normalized spacial score (nSPS) is 10.5. The fourth-order valence-electron chi connectivity index (χ4n) is 2.37. The number of fused-ring (bicyclic) bond motifs is 1. The van der Waals surface area contributed by atoms with Gasteiger partial charge >= 0.3 is 5.97 Å². The number of benzene rings is 1. The molecule has 0 bridgehead atoms. The SMILES string of the molecule is COc1cc2cc(-c3ccc(OC(C)=O)cn3)cnc2cc1OC. The van der Waals surface area contributed by atoms with Crippen molar-refractivity contribution < 1.29 is 19.0 Å². The van der Waals surface area contributed by atoms with Gasteiger partial charge in [-0.15, -0.1) is 0 Å². The Kier molecular flexibility index (Phi) is 4.29. The van der Waals surface area contributed by atoms with Gasteiger partial charge in [0.15, 0.2) is 11.5 Å². The average molecular weight is 324 g/mol. The van der Waals surface area contributed by atoms with Crippen molar-refractivity contribution in [2.75, 3.05) is 14.2 Å². The van der Waals surface area contributed by atoms with E-state index in [1.165, 1.54) is 13.1 Å². The first-order valence-corrected chi connectivity index (χ1v) is 7.27. The lowest BCUT2D eigenvalue weighted by Crippen LogP contribution is -2.01. The zero-order chi connectivity index (χ0) is 17.1. The molecule has 6 nitrogen and oxygen atoms in total. The highest BCUT2D eigenvalue weighted by atomic mass is 16.5. The lowest BCUT2D eigenvalue weighted by atomic mass is 10.1. The molecule has 0 N–H and O–H groups in total. The van der Waals surface area contributed by atoms with Crippen LogP contribution < -0.4 is 14.2 Å². The summed E-state index contributed by atoms with van der Waals surface area (Å²) in [5, 5.41) is 0.913. The van der Waals surface area contributed by atoms with Gasteiger partial charge in [0.05, 0.1) is 31.6 Å². The van der Waals surface area contributed by atoms with E-state index < -0.39 is 0 Å². The van der Waals surface area contributed by atoms with Crippen LogP contribution in [0.2, 0.25) is 0 Å². The van der Waals surface area contributed by atoms with E-state index in [2.05, 4.69) is 9.97 Å². The lowest BCUT2D eigenvalue weighted by Gasteiger charge is -2.09. The fraction of sp³-hybridized carbons (Fsp3) is 0.167. The third kappa shape index (κ3) is 3.12. The Hall–Kier alpha value is -3.15. The summed E-state index contributed by atoms with van der Waals surface area (Å²) in [5.74, 6) is 1.31. The van der Waals surface area contributed by atoms with Gasteiger partial charge in [-0.05, 0) is 24.3 Å². The summed E-state index contributed by atoms with van der Waals surface area (Å²) in [7, 11) is 3.18. The first-order chi connectivity index (χ1) is 11.6. The molecule has 0 unspecified atom stereocenters. The van der Waals surface area contributed by atoms with E-state index in [1.807, 2.05) is 18.2 Å².